The first-order chi connectivity index (χ1) is 11.8. The second-order valence-corrected chi connectivity index (χ2v) is 9.31. The molecule has 0 radical (unpaired) electrons. The predicted octanol–water partition coefficient (Wildman–Crippen LogP) is 5.63. The molecule has 0 spiro atoms. The van der Waals surface area contributed by atoms with E-state index in [-0.39, 0.29) is 6.42 Å². The van der Waals surface area contributed by atoms with E-state index in [1.165, 1.54) is 0 Å². The molecule has 0 saturated heterocycles. The van der Waals surface area contributed by atoms with Crippen LogP contribution in [0.4, 0.5) is 22.0 Å². The molecule has 1 rings (SSSR count). The van der Waals surface area contributed by atoms with E-state index in [9.17, 15) is 22.0 Å². The normalized spacial score (nSPS) is 12.0. The van der Waals surface area contributed by atoms with E-state index >= 15 is 0 Å². The number of hydrogen-bond acceptors (Lipinski definition) is 2. The zero-order valence-corrected chi connectivity index (χ0v) is 15.9. The number of halogens is 5. The molecule has 0 aliphatic carbocycles. The average molecular weight is 384 g/mol. The van der Waals surface area contributed by atoms with E-state index < -0.39 is 43.2 Å². The molecule has 0 aliphatic rings. The van der Waals surface area contributed by atoms with Crippen LogP contribution in [0.25, 0.3) is 0 Å². The Morgan fingerprint density at radius 1 is 0.680 bits per heavy atom. The van der Waals surface area contributed by atoms with E-state index in [0.29, 0.717) is 26.1 Å². The Hall–Kier alpha value is -0.993. The molecule has 0 amide bonds. The maximum atomic E-state index is 13.6. The lowest BCUT2D eigenvalue weighted by atomic mass is 10.0. The third kappa shape index (κ3) is 6.04. The SMILES string of the molecule is CCO[Si](C)(CCCCCCc1c(F)c(F)c(F)c(F)c1F)OCC. The van der Waals surface area contributed by atoms with Gasteiger partial charge in [0.25, 0.3) is 0 Å². The third-order valence-electron chi connectivity index (χ3n) is 4.01. The van der Waals surface area contributed by atoms with Crippen LogP contribution in [0.5, 0.6) is 0 Å². The number of hydrogen-bond donors (Lipinski definition) is 0. The van der Waals surface area contributed by atoms with Gasteiger partial charge >= 0.3 is 8.56 Å². The summed E-state index contributed by atoms with van der Waals surface area (Å²) in [6, 6.07) is 0.803. The highest BCUT2D eigenvalue weighted by Crippen LogP contribution is 2.25. The van der Waals surface area contributed by atoms with E-state index in [0.717, 1.165) is 18.9 Å². The van der Waals surface area contributed by atoms with Crippen molar-refractivity contribution in [1.29, 1.82) is 0 Å². The van der Waals surface area contributed by atoms with Gasteiger partial charge in [-0.1, -0.05) is 19.3 Å². The molecule has 1 aromatic rings. The minimum absolute atomic E-state index is 0.183. The third-order valence-corrected chi connectivity index (χ3v) is 7.07. The Kier molecular flexibility index (Phi) is 9.02. The van der Waals surface area contributed by atoms with Gasteiger partial charge in [-0.05, 0) is 39.3 Å². The van der Waals surface area contributed by atoms with Gasteiger partial charge < -0.3 is 8.85 Å². The van der Waals surface area contributed by atoms with Crippen molar-refractivity contribution in [3.8, 4) is 0 Å². The van der Waals surface area contributed by atoms with Crippen LogP contribution in [0.2, 0.25) is 12.6 Å². The smallest absolute Gasteiger partial charge is 0.334 e. The van der Waals surface area contributed by atoms with Crippen molar-refractivity contribution in [2.45, 2.75) is 58.5 Å². The van der Waals surface area contributed by atoms with Crippen LogP contribution in [0, 0.1) is 29.1 Å². The molecule has 0 aromatic heterocycles. The van der Waals surface area contributed by atoms with Gasteiger partial charge in [-0.3, -0.25) is 0 Å². The summed E-state index contributed by atoms with van der Waals surface area (Å²) in [7, 11) is -2.17. The molecule has 2 nitrogen and oxygen atoms in total. The zero-order valence-electron chi connectivity index (χ0n) is 14.9. The highest BCUT2D eigenvalue weighted by molar-refractivity contribution is 6.66. The van der Waals surface area contributed by atoms with Gasteiger partial charge in [0.05, 0.1) is 0 Å². The van der Waals surface area contributed by atoms with Gasteiger partial charge in [0.15, 0.2) is 23.3 Å². The monoisotopic (exact) mass is 384 g/mol. The summed E-state index contributed by atoms with van der Waals surface area (Å²) in [5, 5.41) is 0. The molecule has 0 N–H and O–H groups in total. The van der Waals surface area contributed by atoms with Crippen LogP contribution >= 0.6 is 0 Å². The van der Waals surface area contributed by atoms with Crippen LogP contribution < -0.4 is 0 Å². The molecule has 0 heterocycles. The second-order valence-electron chi connectivity index (χ2n) is 5.96. The number of rotatable bonds is 11. The quantitative estimate of drug-likeness (QED) is 0.162. The fourth-order valence-corrected chi connectivity index (χ4v) is 5.25. The highest BCUT2D eigenvalue weighted by Gasteiger charge is 2.29. The summed E-state index contributed by atoms with van der Waals surface area (Å²) < 4.78 is 77.8. The van der Waals surface area contributed by atoms with E-state index in [1.54, 1.807) is 0 Å². The molecule has 1 aromatic carbocycles. The minimum Gasteiger partial charge on any atom is -0.395 e. The van der Waals surface area contributed by atoms with Crippen molar-refractivity contribution in [3.05, 3.63) is 34.6 Å². The van der Waals surface area contributed by atoms with Crippen molar-refractivity contribution in [2.24, 2.45) is 0 Å². The molecule has 0 atom stereocenters. The van der Waals surface area contributed by atoms with Gasteiger partial charge in [-0.15, -0.1) is 0 Å². The Bertz CT molecular complexity index is 533. The fraction of sp³-hybridized carbons (Fsp3) is 0.647. The molecule has 0 aliphatic heterocycles. The number of unbranched alkanes of at least 4 members (excludes halogenated alkanes) is 3. The van der Waals surface area contributed by atoms with Gasteiger partial charge in [-0.2, -0.15) is 0 Å². The summed E-state index contributed by atoms with van der Waals surface area (Å²) in [4.78, 5) is 0. The topological polar surface area (TPSA) is 18.5 Å². The average Bonchev–Trinajstić information content (AvgIpc) is 2.57. The first kappa shape index (κ1) is 22.0. The van der Waals surface area contributed by atoms with Gasteiger partial charge in [0, 0.05) is 18.8 Å². The van der Waals surface area contributed by atoms with Gasteiger partial charge in [0.2, 0.25) is 5.82 Å². The van der Waals surface area contributed by atoms with Gasteiger partial charge in [-0.25, -0.2) is 22.0 Å². The van der Waals surface area contributed by atoms with Crippen molar-refractivity contribution < 1.29 is 30.8 Å². The van der Waals surface area contributed by atoms with E-state index in [4.69, 9.17) is 8.85 Å². The fourth-order valence-electron chi connectivity index (χ4n) is 2.77. The number of benzene rings is 1. The van der Waals surface area contributed by atoms with Crippen LogP contribution in [0.1, 0.15) is 45.1 Å². The molecular formula is C17H25F5O2Si. The Labute approximate surface area is 146 Å². The predicted molar refractivity (Wildman–Crippen MR) is 88.1 cm³/mol. The lowest BCUT2D eigenvalue weighted by Crippen LogP contribution is -2.38. The maximum Gasteiger partial charge on any atom is 0.334 e. The molecule has 0 saturated carbocycles. The van der Waals surface area contributed by atoms with Crippen molar-refractivity contribution in [2.75, 3.05) is 13.2 Å². The van der Waals surface area contributed by atoms with Gasteiger partial charge in [0.1, 0.15) is 0 Å². The molecule has 144 valence electrons. The van der Waals surface area contributed by atoms with E-state index in [2.05, 4.69) is 0 Å². The first-order valence-electron chi connectivity index (χ1n) is 8.55. The first-order valence-corrected chi connectivity index (χ1v) is 11.1. The standard InChI is InChI=1S/C17H25F5O2Si/c1-4-23-25(3,24-5-2)11-9-7-6-8-10-12-13(18)15(20)17(22)16(21)14(12)19/h4-11H2,1-3H3. The highest BCUT2D eigenvalue weighted by atomic mass is 28.4. The molecule has 25 heavy (non-hydrogen) atoms. The lowest BCUT2D eigenvalue weighted by Gasteiger charge is -2.25. The summed E-state index contributed by atoms with van der Waals surface area (Å²) in [6.45, 7) is 6.99. The zero-order chi connectivity index (χ0) is 19.0. The molecule has 0 unspecified atom stereocenters. The summed E-state index contributed by atoms with van der Waals surface area (Å²) >= 11 is 0. The maximum absolute atomic E-state index is 13.6. The Morgan fingerprint density at radius 2 is 1.12 bits per heavy atom. The Morgan fingerprint density at radius 3 is 1.60 bits per heavy atom. The molecule has 0 fully saturated rings. The summed E-state index contributed by atoms with van der Waals surface area (Å²) in [5.74, 6) is -9.35. The summed E-state index contributed by atoms with van der Waals surface area (Å²) in [5.41, 5.74) is -0.737. The second kappa shape index (κ2) is 10.2. The minimum atomic E-state index is -2.17. The largest absolute Gasteiger partial charge is 0.395 e. The lowest BCUT2D eigenvalue weighted by molar-refractivity contribution is 0.188. The van der Waals surface area contributed by atoms with Crippen LogP contribution in [0.3, 0.4) is 0 Å². The van der Waals surface area contributed by atoms with Crippen molar-refractivity contribution >= 4 is 8.56 Å². The van der Waals surface area contributed by atoms with Crippen LogP contribution in [0.15, 0.2) is 0 Å². The molecule has 8 heteroatoms. The summed E-state index contributed by atoms with van der Waals surface area (Å²) in [6.07, 6.45) is 2.40. The molecular weight excluding hydrogens is 359 g/mol. The van der Waals surface area contributed by atoms with Crippen molar-refractivity contribution in [1.82, 2.24) is 0 Å². The molecule has 0 bridgehead atoms. The van der Waals surface area contributed by atoms with Crippen LogP contribution in [-0.2, 0) is 15.3 Å². The Balaban J connectivity index is 2.47. The van der Waals surface area contributed by atoms with E-state index in [1.807, 2.05) is 20.4 Å². The van der Waals surface area contributed by atoms with Crippen molar-refractivity contribution in [3.63, 3.8) is 0 Å². The van der Waals surface area contributed by atoms with Crippen LogP contribution in [-0.4, -0.2) is 21.8 Å².